The van der Waals surface area contributed by atoms with Gasteiger partial charge in [-0.25, -0.2) is 0 Å². The number of hydrogen-bond acceptors (Lipinski definition) is 7. The molecule has 10 nitrogen and oxygen atoms in total. The van der Waals surface area contributed by atoms with Crippen LogP contribution < -0.4 is 20.3 Å². The molecule has 40 heavy (non-hydrogen) atoms. The van der Waals surface area contributed by atoms with Gasteiger partial charge in [-0.3, -0.25) is 19.4 Å². The van der Waals surface area contributed by atoms with Crippen LogP contribution in [0.1, 0.15) is 37.5 Å². The highest BCUT2D eigenvalue weighted by atomic mass is 16.5. The molecule has 0 aliphatic carbocycles. The van der Waals surface area contributed by atoms with Gasteiger partial charge in [0.05, 0.1) is 18.5 Å². The van der Waals surface area contributed by atoms with Gasteiger partial charge < -0.3 is 30.1 Å². The lowest BCUT2D eigenvalue weighted by molar-refractivity contribution is 0.0743. The summed E-state index contributed by atoms with van der Waals surface area (Å²) < 4.78 is 5.28. The second-order valence-electron chi connectivity index (χ2n) is 9.83. The van der Waals surface area contributed by atoms with Gasteiger partial charge in [0.1, 0.15) is 5.75 Å². The summed E-state index contributed by atoms with van der Waals surface area (Å²) in [4.78, 5) is 49.4. The minimum Gasteiger partial charge on any atom is -0.497 e. The number of piperazine rings is 1. The van der Waals surface area contributed by atoms with Crippen molar-refractivity contribution in [3.05, 3.63) is 83.7 Å². The molecule has 208 valence electrons. The van der Waals surface area contributed by atoms with Crippen molar-refractivity contribution in [2.45, 2.75) is 6.42 Å². The minimum atomic E-state index is -0.296. The van der Waals surface area contributed by atoms with E-state index in [1.165, 1.54) is 0 Å². The molecule has 0 spiro atoms. The molecule has 0 atom stereocenters. The zero-order valence-corrected chi connectivity index (χ0v) is 22.6. The largest absolute Gasteiger partial charge is 0.497 e. The van der Waals surface area contributed by atoms with Crippen LogP contribution in [0.25, 0.3) is 0 Å². The molecule has 2 N–H and O–H groups in total. The van der Waals surface area contributed by atoms with E-state index in [1.807, 2.05) is 21.9 Å². The van der Waals surface area contributed by atoms with Crippen molar-refractivity contribution < 1.29 is 19.1 Å². The molecule has 3 aromatic rings. The van der Waals surface area contributed by atoms with E-state index in [0.717, 1.165) is 25.2 Å². The number of methoxy groups -OCH3 is 1. The molecule has 1 aromatic heterocycles. The fourth-order valence-corrected chi connectivity index (χ4v) is 5.06. The molecule has 2 aromatic carbocycles. The number of aromatic nitrogens is 1. The minimum absolute atomic E-state index is 0.0264. The quantitative estimate of drug-likeness (QED) is 0.493. The number of carbonyl (C=O) groups is 3. The second-order valence-corrected chi connectivity index (χ2v) is 9.83. The van der Waals surface area contributed by atoms with Crippen molar-refractivity contribution >= 4 is 29.1 Å². The lowest BCUT2D eigenvalue weighted by Crippen LogP contribution is -2.49. The van der Waals surface area contributed by atoms with Crippen LogP contribution in [0.3, 0.4) is 0 Å². The third kappa shape index (κ3) is 6.23. The Bertz CT molecular complexity index is 1350. The van der Waals surface area contributed by atoms with Crippen molar-refractivity contribution in [3.8, 4) is 5.75 Å². The maximum Gasteiger partial charge on any atom is 0.255 e. The molecule has 2 saturated heterocycles. The van der Waals surface area contributed by atoms with Crippen LogP contribution >= 0.6 is 0 Å². The molecule has 0 radical (unpaired) electrons. The highest BCUT2D eigenvalue weighted by Gasteiger charge is 2.26. The number of carbonyl (C=O) groups excluding carboxylic acids is 3. The van der Waals surface area contributed by atoms with Gasteiger partial charge in [0, 0.05) is 74.9 Å². The van der Waals surface area contributed by atoms with Crippen LogP contribution in [0.5, 0.6) is 5.75 Å². The molecular formula is C30H34N6O4. The van der Waals surface area contributed by atoms with Gasteiger partial charge in [-0.15, -0.1) is 0 Å². The van der Waals surface area contributed by atoms with Crippen molar-refractivity contribution in [2.75, 3.05) is 69.7 Å². The number of rotatable bonds is 6. The first-order valence-corrected chi connectivity index (χ1v) is 13.6. The summed E-state index contributed by atoms with van der Waals surface area (Å²) >= 11 is 0. The van der Waals surface area contributed by atoms with Crippen LogP contribution in [-0.2, 0) is 0 Å². The lowest BCUT2D eigenvalue weighted by atomic mass is 10.1. The Morgan fingerprint density at radius 1 is 0.800 bits per heavy atom. The molecular weight excluding hydrogens is 508 g/mol. The second kappa shape index (κ2) is 12.6. The van der Waals surface area contributed by atoms with Gasteiger partial charge in [-0.2, -0.15) is 0 Å². The zero-order valence-electron chi connectivity index (χ0n) is 22.6. The summed E-state index contributed by atoms with van der Waals surface area (Å²) in [6, 6.07) is 15.9. The first-order chi connectivity index (χ1) is 19.5. The predicted octanol–water partition coefficient (Wildman–Crippen LogP) is 2.74. The molecule has 2 fully saturated rings. The molecule has 10 heteroatoms. The normalized spacial score (nSPS) is 15.8. The summed E-state index contributed by atoms with van der Waals surface area (Å²) in [6.45, 7) is 5.21. The van der Waals surface area contributed by atoms with Gasteiger partial charge in [0.2, 0.25) is 0 Å². The first-order valence-electron chi connectivity index (χ1n) is 13.6. The van der Waals surface area contributed by atoms with E-state index in [9.17, 15) is 14.4 Å². The number of pyridine rings is 1. The van der Waals surface area contributed by atoms with E-state index < -0.39 is 0 Å². The SMILES string of the molecule is COc1cccc(C(=O)Nc2cc(C(=O)N3CCCNCC3)ccc2N2CCN(C(=O)c3ccncc3)CC2)c1. The van der Waals surface area contributed by atoms with Gasteiger partial charge in [0.15, 0.2) is 0 Å². The highest BCUT2D eigenvalue weighted by Crippen LogP contribution is 2.30. The predicted molar refractivity (Wildman–Crippen MR) is 153 cm³/mol. The van der Waals surface area contributed by atoms with Crippen molar-refractivity contribution in [1.82, 2.24) is 20.1 Å². The van der Waals surface area contributed by atoms with Crippen LogP contribution in [0.2, 0.25) is 0 Å². The Balaban J connectivity index is 1.38. The topological polar surface area (TPSA) is 107 Å². The van der Waals surface area contributed by atoms with Gasteiger partial charge >= 0.3 is 0 Å². The molecule has 0 unspecified atom stereocenters. The highest BCUT2D eigenvalue weighted by molar-refractivity contribution is 6.07. The third-order valence-electron chi connectivity index (χ3n) is 7.29. The van der Waals surface area contributed by atoms with Gasteiger partial charge in [-0.05, 0) is 61.5 Å². The molecule has 0 bridgehead atoms. The number of ether oxygens (including phenoxy) is 1. The van der Waals surface area contributed by atoms with E-state index in [0.29, 0.717) is 67.4 Å². The standard InChI is InChI=1S/C30H34N6O4/c1-40-25-5-2-4-23(20-25)28(37)33-26-21-24(30(39)35-14-3-10-31-13-15-35)6-7-27(26)34-16-18-36(19-17-34)29(38)22-8-11-32-12-9-22/h2,4-9,11-12,20-21,31H,3,10,13-19H2,1H3,(H,33,37). The number of hydrogen-bond donors (Lipinski definition) is 2. The van der Waals surface area contributed by atoms with Crippen LogP contribution in [0, 0.1) is 0 Å². The fourth-order valence-electron chi connectivity index (χ4n) is 5.06. The average molecular weight is 543 g/mol. The molecule has 2 aliphatic heterocycles. The van der Waals surface area contributed by atoms with E-state index in [2.05, 4.69) is 20.5 Å². The fraction of sp³-hybridized carbons (Fsp3) is 0.333. The van der Waals surface area contributed by atoms with Crippen LogP contribution in [-0.4, -0.2) is 92.0 Å². The summed E-state index contributed by atoms with van der Waals surface area (Å²) in [5.41, 5.74) is 2.95. The van der Waals surface area contributed by atoms with E-state index in [1.54, 1.807) is 62.0 Å². The number of anilines is 2. The van der Waals surface area contributed by atoms with E-state index in [4.69, 9.17) is 4.74 Å². The number of nitrogens with zero attached hydrogens (tertiary/aromatic N) is 4. The Hall–Kier alpha value is -4.44. The smallest absolute Gasteiger partial charge is 0.255 e. The molecule has 3 heterocycles. The lowest BCUT2D eigenvalue weighted by Gasteiger charge is -2.37. The van der Waals surface area contributed by atoms with Crippen LogP contribution in [0.4, 0.5) is 11.4 Å². The summed E-state index contributed by atoms with van der Waals surface area (Å²) in [7, 11) is 1.56. The Morgan fingerprint density at radius 2 is 1.55 bits per heavy atom. The van der Waals surface area contributed by atoms with Crippen molar-refractivity contribution in [3.63, 3.8) is 0 Å². The van der Waals surface area contributed by atoms with Crippen LogP contribution in [0.15, 0.2) is 67.0 Å². The summed E-state index contributed by atoms with van der Waals surface area (Å²) in [5.74, 6) is 0.207. The Kier molecular flexibility index (Phi) is 8.56. The number of nitrogens with one attached hydrogen (secondary N) is 2. The maximum atomic E-state index is 13.4. The third-order valence-corrected chi connectivity index (χ3v) is 7.29. The summed E-state index contributed by atoms with van der Waals surface area (Å²) in [5, 5.41) is 6.36. The van der Waals surface area contributed by atoms with E-state index in [-0.39, 0.29) is 17.7 Å². The molecule has 5 rings (SSSR count). The first kappa shape index (κ1) is 27.1. The molecule has 3 amide bonds. The Labute approximate surface area is 233 Å². The molecule has 2 aliphatic rings. The average Bonchev–Trinajstić information content (AvgIpc) is 3.31. The monoisotopic (exact) mass is 542 g/mol. The zero-order chi connectivity index (χ0) is 27.9. The van der Waals surface area contributed by atoms with E-state index >= 15 is 0 Å². The van der Waals surface area contributed by atoms with Gasteiger partial charge in [0.25, 0.3) is 17.7 Å². The summed E-state index contributed by atoms with van der Waals surface area (Å²) in [6.07, 6.45) is 4.13. The number of amides is 3. The van der Waals surface area contributed by atoms with Crippen molar-refractivity contribution in [2.24, 2.45) is 0 Å². The number of benzene rings is 2. The van der Waals surface area contributed by atoms with Crippen molar-refractivity contribution in [1.29, 1.82) is 0 Å². The maximum absolute atomic E-state index is 13.4. The van der Waals surface area contributed by atoms with Gasteiger partial charge in [-0.1, -0.05) is 6.07 Å². The Morgan fingerprint density at radius 3 is 2.33 bits per heavy atom. The molecule has 0 saturated carbocycles.